The van der Waals surface area contributed by atoms with E-state index in [1.807, 2.05) is 35.2 Å². The second-order valence-electron chi connectivity index (χ2n) is 7.51. The summed E-state index contributed by atoms with van der Waals surface area (Å²) in [4.78, 5) is 36.9. The average Bonchev–Trinajstić information content (AvgIpc) is 3.03. The van der Waals surface area contributed by atoms with Crippen molar-refractivity contribution in [3.8, 4) is 0 Å². The van der Waals surface area contributed by atoms with Gasteiger partial charge in [-0.2, -0.15) is 0 Å². The van der Waals surface area contributed by atoms with Crippen LogP contribution in [0.3, 0.4) is 0 Å². The number of likely N-dealkylation sites (tertiary alicyclic amines) is 1. The number of benzene rings is 1. The molecular formula is C23H31NO5. The third-order valence-corrected chi connectivity index (χ3v) is 5.10. The maximum atomic E-state index is 12.3. The lowest BCUT2D eigenvalue weighted by Gasteiger charge is -2.22. The molecule has 1 unspecified atom stereocenters. The van der Waals surface area contributed by atoms with Gasteiger partial charge in [0.1, 0.15) is 0 Å². The van der Waals surface area contributed by atoms with Crippen LogP contribution in [-0.4, -0.2) is 47.4 Å². The SMILES string of the molecule is COCc1cccc(CC(=O)/C=C/C2CCC(=O)N2CCCCCCC(=O)O)c1. The quantitative estimate of drug-likeness (QED) is 0.404. The smallest absolute Gasteiger partial charge is 0.303 e. The number of carbonyl (C=O) groups is 3. The van der Waals surface area contributed by atoms with E-state index < -0.39 is 5.97 Å². The van der Waals surface area contributed by atoms with Crippen LogP contribution in [0, 0.1) is 0 Å². The fourth-order valence-corrected chi connectivity index (χ4v) is 3.63. The molecule has 1 aromatic rings. The van der Waals surface area contributed by atoms with Gasteiger partial charge in [0.2, 0.25) is 5.91 Å². The number of methoxy groups -OCH3 is 1. The van der Waals surface area contributed by atoms with E-state index >= 15 is 0 Å². The molecule has 6 heteroatoms. The largest absolute Gasteiger partial charge is 0.481 e. The van der Waals surface area contributed by atoms with E-state index in [0.717, 1.165) is 36.8 Å². The van der Waals surface area contributed by atoms with Crippen LogP contribution in [0.1, 0.15) is 56.1 Å². The Morgan fingerprint density at radius 1 is 1.21 bits per heavy atom. The number of hydrogen-bond acceptors (Lipinski definition) is 4. The van der Waals surface area contributed by atoms with Crippen LogP contribution in [0.15, 0.2) is 36.4 Å². The highest BCUT2D eigenvalue weighted by Gasteiger charge is 2.28. The van der Waals surface area contributed by atoms with Gasteiger partial charge in [-0.15, -0.1) is 0 Å². The minimum Gasteiger partial charge on any atom is -0.481 e. The lowest BCUT2D eigenvalue weighted by Crippen LogP contribution is -2.32. The van der Waals surface area contributed by atoms with Crippen molar-refractivity contribution in [3.05, 3.63) is 47.5 Å². The molecule has 1 N–H and O–H groups in total. The summed E-state index contributed by atoms with van der Waals surface area (Å²) in [5.41, 5.74) is 1.99. The van der Waals surface area contributed by atoms with E-state index in [4.69, 9.17) is 9.84 Å². The van der Waals surface area contributed by atoms with Crippen molar-refractivity contribution in [1.82, 2.24) is 4.90 Å². The van der Waals surface area contributed by atoms with Gasteiger partial charge in [0.05, 0.1) is 12.6 Å². The van der Waals surface area contributed by atoms with Gasteiger partial charge in [-0.05, 0) is 36.5 Å². The number of ether oxygens (including phenoxy) is 1. The first-order valence-corrected chi connectivity index (χ1v) is 10.3. The molecule has 0 spiro atoms. The summed E-state index contributed by atoms with van der Waals surface area (Å²) in [6.45, 7) is 1.18. The summed E-state index contributed by atoms with van der Waals surface area (Å²) >= 11 is 0. The standard InChI is InChI=1S/C23H31NO5/c1-29-17-19-8-6-7-18(15-19)16-21(25)12-10-20-11-13-22(26)24(20)14-5-3-2-4-9-23(27)28/h6-8,10,12,15,20H,2-5,9,11,13-14,16-17H2,1H3,(H,27,28)/b12-10+. The van der Waals surface area contributed by atoms with Crippen LogP contribution in [0.4, 0.5) is 0 Å². The Hall–Kier alpha value is -2.47. The first kappa shape index (κ1) is 22.8. The Balaban J connectivity index is 1.79. The number of carbonyl (C=O) groups excluding carboxylic acids is 2. The lowest BCUT2D eigenvalue weighted by molar-refractivity contribution is -0.137. The molecular weight excluding hydrogens is 370 g/mol. The maximum Gasteiger partial charge on any atom is 0.303 e. The molecule has 0 saturated carbocycles. The van der Waals surface area contributed by atoms with Gasteiger partial charge >= 0.3 is 5.97 Å². The summed E-state index contributed by atoms with van der Waals surface area (Å²) in [6.07, 6.45) is 8.54. The number of unbranched alkanes of at least 4 members (excludes halogenated alkanes) is 3. The predicted octanol–water partition coefficient (Wildman–Crippen LogP) is 3.53. The molecule has 2 rings (SSSR count). The molecule has 0 radical (unpaired) electrons. The van der Waals surface area contributed by atoms with Gasteiger partial charge < -0.3 is 14.7 Å². The highest BCUT2D eigenvalue weighted by Crippen LogP contribution is 2.21. The number of carboxylic acid groups (broad SMARTS) is 1. The van der Waals surface area contributed by atoms with Crippen LogP contribution >= 0.6 is 0 Å². The highest BCUT2D eigenvalue weighted by molar-refractivity contribution is 5.91. The Morgan fingerprint density at radius 3 is 2.72 bits per heavy atom. The van der Waals surface area contributed by atoms with Crippen LogP contribution < -0.4 is 0 Å². The molecule has 1 aliphatic heterocycles. The van der Waals surface area contributed by atoms with E-state index in [0.29, 0.717) is 32.4 Å². The van der Waals surface area contributed by atoms with Gasteiger partial charge in [-0.25, -0.2) is 0 Å². The minimum absolute atomic E-state index is 0.0209. The van der Waals surface area contributed by atoms with Crippen molar-refractivity contribution in [2.75, 3.05) is 13.7 Å². The molecule has 1 fully saturated rings. The van der Waals surface area contributed by atoms with Gasteiger partial charge in [0, 0.05) is 32.9 Å². The molecule has 1 saturated heterocycles. The van der Waals surface area contributed by atoms with Gasteiger partial charge in [-0.3, -0.25) is 14.4 Å². The van der Waals surface area contributed by atoms with E-state index in [2.05, 4.69) is 0 Å². The summed E-state index contributed by atoms with van der Waals surface area (Å²) in [5, 5.41) is 8.65. The van der Waals surface area contributed by atoms with Crippen LogP contribution in [-0.2, 0) is 32.1 Å². The van der Waals surface area contributed by atoms with Crippen LogP contribution in [0.25, 0.3) is 0 Å². The van der Waals surface area contributed by atoms with Crippen molar-refractivity contribution in [2.24, 2.45) is 0 Å². The molecule has 1 heterocycles. The topological polar surface area (TPSA) is 83.9 Å². The summed E-state index contributed by atoms with van der Waals surface area (Å²) < 4.78 is 5.13. The predicted molar refractivity (Wildman–Crippen MR) is 110 cm³/mol. The van der Waals surface area contributed by atoms with E-state index in [1.54, 1.807) is 13.2 Å². The molecule has 1 aliphatic rings. The summed E-state index contributed by atoms with van der Waals surface area (Å²) in [7, 11) is 1.64. The number of hydrogen-bond donors (Lipinski definition) is 1. The van der Waals surface area contributed by atoms with E-state index in [9.17, 15) is 14.4 Å². The molecule has 0 aromatic heterocycles. The number of aliphatic carboxylic acids is 1. The summed E-state index contributed by atoms with van der Waals surface area (Å²) in [5.74, 6) is -0.613. The first-order valence-electron chi connectivity index (χ1n) is 10.3. The van der Waals surface area contributed by atoms with Crippen molar-refractivity contribution in [3.63, 3.8) is 0 Å². The fourth-order valence-electron chi connectivity index (χ4n) is 3.63. The van der Waals surface area contributed by atoms with Crippen molar-refractivity contribution < 1.29 is 24.2 Å². The molecule has 158 valence electrons. The van der Waals surface area contributed by atoms with Crippen LogP contribution in [0.2, 0.25) is 0 Å². The molecule has 1 atom stereocenters. The minimum atomic E-state index is -0.764. The number of nitrogens with zero attached hydrogens (tertiary/aromatic N) is 1. The zero-order valence-electron chi connectivity index (χ0n) is 17.1. The highest BCUT2D eigenvalue weighted by atomic mass is 16.5. The van der Waals surface area contributed by atoms with Crippen molar-refractivity contribution in [1.29, 1.82) is 0 Å². The normalized spacial score (nSPS) is 16.7. The zero-order valence-corrected chi connectivity index (χ0v) is 17.1. The molecule has 29 heavy (non-hydrogen) atoms. The molecule has 0 bridgehead atoms. The average molecular weight is 402 g/mol. The van der Waals surface area contributed by atoms with Gasteiger partial charge in [0.15, 0.2) is 5.78 Å². The van der Waals surface area contributed by atoms with Crippen molar-refractivity contribution in [2.45, 2.75) is 64.0 Å². The Kier molecular flexibility index (Phi) is 9.57. The van der Waals surface area contributed by atoms with Crippen LogP contribution in [0.5, 0.6) is 0 Å². The van der Waals surface area contributed by atoms with Gasteiger partial charge in [-0.1, -0.05) is 43.2 Å². The van der Waals surface area contributed by atoms with E-state index in [-0.39, 0.29) is 24.2 Å². The maximum absolute atomic E-state index is 12.3. The number of ketones is 1. The molecule has 0 aliphatic carbocycles. The second-order valence-corrected chi connectivity index (χ2v) is 7.51. The van der Waals surface area contributed by atoms with Gasteiger partial charge in [0.25, 0.3) is 0 Å². The Bertz CT molecular complexity index is 728. The third-order valence-electron chi connectivity index (χ3n) is 5.10. The Labute approximate surface area is 172 Å². The Morgan fingerprint density at radius 2 is 1.97 bits per heavy atom. The number of rotatable bonds is 13. The lowest BCUT2D eigenvalue weighted by atomic mass is 10.0. The first-order chi connectivity index (χ1) is 14.0. The number of amides is 1. The molecule has 1 aromatic carbocycles. The number of allylic oxidation sites excluding steroid dienone is 1. The molecule has 6 nitrogen and oxygen atoms in total. The third kappa shape index (κ3) is 8.20. The zero-order chi connectivity index (χ0) is 21.1. The van der Waals surface area contributed by atoms with E-state index in [1.165, 1.54) is 0 Å². The molecule has 1 amide bonds. The monoisotopic (exact) mass is 401 g/mol. The number of carboxylic acids is 1. The second kappa shape index (κ2) is 12.2. The fraction of sp³-hybridized carbons (Fsp3) is 0.522. The summed E-state index contributed by atoms with van der Waals surface area (Å²) in [6, 6.07) is 7.78. The van der Waals surface area contributed by atoms with Crippen molar-refractivity contribution >= 4 is 17.7 Å².